The molecule has 0 amide bonds. The summed E-state index contributed by atoms with van der Waals surface area (Å²) in [5, 5.41) is 19.6. The molecule has 0 aliphatic rings. The van der Waals surface area contributed by atoms with Crippen LogP contribution in [0.2, 0.25) is 0 Å². The van der Waals surface area contributed by atoms with Gasteiger partial charge in [-0.05, 0) is 24.7 Å². The fourth-order valence-corrected chi connectivity index (χ4v) is 1.95. The van der Waals surface area contributed by atoms with E-state index in [1.165, 1.54) is 0 Å². The average Bonchev–Trinajstić information content (AvgIpc) is 2.27. The number of halogens is 2. The Bertz CT molecular complexity index is 370. The molecule has 1 aromatic rings. The minimum atomic E-state index is -1.05. The average molecular weight is 258 g/mol. The Kier molecular flexibility index (Phi) is 4.54. The van der Waals surface area contributed by atoms with Crippen LogP contribution in [0.25, 0.3) is 0 Å². The number of phenols is 2. The van der Waals surface area contributed by atoms with Gasteiger partial charge >= 0.3 is 0 Å². The number of aromatic hydroxyl groups is 2. The van der Waals surface area contributed by atoms with Crippen molar-refractivity contribution in [2.24, 2.45) is 11.8 Å². The van der Waals surface area contributed by atoms with Gasteiger partial charge in [-0.2, -0.15) is 0 Å². The van der Waals surface area contributed by atoms with E-state index in [4.69, 9.17) is 0 Å². The van der Waals surface area contributed by atoms with E-state index >= 15 is 0 Å². The zero-order valence-corrected chi connectivity index (χ0v) is 11.2. The van der Waals surface area contributed by atoms with Crippen LogP contribution in [0.4, 0.5) is 8.78 Å². The zero-order chi connectivity index (χ0) is 14.0. The van der Waals surface area contributed by atoms with Crippen LogP contribution in [0, 0.1) is 23.5 Å². The summed E-state index contributed by atoms with van der Waals surface area (Å²) >= 11 is 0. The van der Waals surface area contributed by atoms with Crippen molar-refractivity contribution < 1.29 is 19.0 Å². The van der Waals surface area contributed by atoms with Gasteiger partial charge in [-0.25, -0.2) is 8.78 Å². The molecule has 0 aliphatic heterocycles. The summed E-state index contributed by atoms with van der Waals surface area (Å²) in [6.45, 7) is 7.32. The Balaban J connectivity index is 3.35. The minimum Gasteiger partial charge on any atom is -0.504 e. The van der Waals surface area contributed by atoms with Crippen molar-refractivity contribution in [2.45, 2.75) is 40.5 Å². The highest BCUT2D eigenvalue weighted by Crippen LogP contribution is 2.39. The van der Waals surface area contributed by atoms with Crippen LogP contribution in [0.5, 0.6) is 11.5 Å². The number of hydrogen-bond acceptors (Lipinski definition) is 2. The predicted octanol–water partition coefficient (Wildman–Crippen LogP) is 3.77. The summed E-state index contributed by atoms with van der Waals surface area (Å²) < 4.78 is 27.7. The molecule has 0 radical (unpaired) electrons. The van der Waals surface area contributed by atoms with Gasteiger partial charge in [0.1, 0.15) is 0 Å². The summed E-state index contributed by atoms with van der Waals surface area (Å²) in [4.78, 5) is 0. The fraction of sp³-hybridized carbons (Fsp3) is 0.571. The lowest BCUT2D eigenvalue weighted by Crippen LogP contribution is -2.06. The molecule has 0 spiro atoms. The molecule has 1 rings (SSSR count). The number of benzene rings is 1. The molecule has 1 aromatic carbocycles. The highest BCUT2D eigenvalue weighted by molar-refractivity contribution is 5.52. The van der Waals surface area contributed by atoms with E-state index < -0.39 is 23.1 Å². The lowest BCUT2D eigenvalue weighted by molar-refractivity contribution is 0.368. The minimum absolute atomic E-state index is 0.0557. The lowest BCUT2D eigenvalue weighted by atomic mass is 9.95. The van der Waals surface area contributed by atoms with Crippen molar-refractivity contribution in [3.8, 4) is 11.5 Å². The van der Waals surface area contributed by atoms with E-state index in [0.717, 1.165) is 0 Å². The monoisotopic (exact) mass is 258 g/mol. The number of rotatable bonds is 4. The van der Waals surface area contributed by atoms with Crippen LogP contribution in [0.15, 0.2) is 0 Å². The molecule has 0 unspecified atom stereocenters. The third kappa shape index (κ3) is 2.92. The molecule has 0 bridgehead atoms. The van der Waals surface area contributed by atoms with E-state index in [-0.39, 0.29) is 35.8 Å². The van der Waals surface area contributed by atoms with Crippen LogP contribution >= 0.6 is 0 Å². The molecule has 0 aromatic heterocycles. The topological polar surface area (TPSA) is 40.5 Å². The molecule has 0 aliphatic carbocycles. The van der Waals surface area contributed by atoms with Crippen molar-refractivity contribution in [1.82, 2.24) is 0 Å². The second-order valence-electron chi connectivity index (χ2n) is 5.48. The van der Waals surface area contributed by atoms with Gasteiger partial charge < -0.3 is 10.2 Å². The highest BCUT2D eigenvalue weighted by Gasteiger charge is 2.24. The Labute approximate surface area is 106 Å². The van der Waals surface area contributed by atoms with Gasteiger partial charge in [0.25, 0.3) is 0 Å². The van der Waals surface area contributed by atoms with Gasteiger partial charge in [-0.1, -0.05) is 27.7 Å². The Morgan fingerprint density at radius 2 is 1.06 bits per heavy atom. The van der Waals surface area contributed by atoms with Gasteiger partial charge in [-0.3, -0.25) is 0 Å². The molecule has 18 heavy (non-hydrogen) atoms. The summed E-state index contributed by atoms with van der Waals surface area (Å²) in [5.41, 5.74) is -0.292. The van der Waals surface area contributed by atoms with Crippen LogP contribution in [-0.4, -0.2) is 10.2 Å². The largest absolute Gasteiger partial charge is 0.504 e. The molecule has 102 valence electrons. The summed E-state index contributed by atoms with van der Waals surface area (Å²) in [7, 11) is 0. The van der Waals surface area contributed by atoms with Crippen LogP contribution in [0.3, 0.4) is 0 Å². The third-order valence-corrected chi connectivity index (χ3v) is 2.74. The van der Waals surface area contributed by atoms with Gasteiger partial charge in [0, 0.05) is 11.1 Å². The summed E-state index contributed by atoms with van der Waals surface area (Å²) in [6, 6.07) is 0. The first-order valence-corrected chi connectivity index (χ1v) is 6.16. The molecule has 0 saturated carbocycles. The standard InChI is InChI=1S/C14H20F2O2/c1-7(2)5-9-11(15)12(16)10(6-8(3)4)14(18)13(9)17/h7-8,17-18H,5-6H2,1-4H3. The Hall–Kier alpha value is -1.32. The second-order valence-corrected chi connectivity index (χ2v) is 5.48. The molecule has 2 nitrogen and oxygen atoms in total. The predicted molar refractivity (Wildman–Crippen MR) is 66.8 cm³/mol. The van der Waals surface area contributed by atoms with E-state index in [1.807, 2.05) is 27.7 Å². The number of hydrogen-bond donors (Lipinski definition) is 2. The smallest absolute Gasteiger partial charge is 0.166 e. The van der Waals surface area contributed by atoms with Gasteiger partial charge in [0.05, 0.1) is 0 Å². The van der Waals surface area contributed by atoms with Crippen molar-refractivity contribution in [1.29, 1.82) is 0 Å². The summed E-state index contributed by atoms with van der Waals surface area (Å²) in [6.07, 6.45) is 0.369. The van der Waals surface area contributed by atoms with E-state index in [9.17, 15) is 19.0 Å². The Morgan fingerprint density at radius 3 is 1.28 bits per heavy atom. The van der Waals surface area contributed by atoms with Crippen molar-refractivity contribution >= 4 is 0 Å². The third-order valence-electron chi connectivity index (χ3n) is 2.74. The van der Waals surface area contributed by atoms with E-state index in [2.05, 4.69) is 0 Å². The van der Waals surface area contributed by atoms with Crippen LogP contribution in [-0.2, 0) is 12.8 Å². The van der Waals surface area contributed by atoms with Crippen LogP contribution in [0.1, 0.15) is 38.8 Å². The molecular weight excluding hydrogens is 238 g/mol. The summed E-state index contributed by atoms with van der Waals surface area (Å²) in [5.74, 6) is -3.04. The quantitative estimate of drug-likeness (QED) is 0.807. The van der Waals surface area contributed by atoms with E-state index in [0.29, 0.717) is 0 Å². The maximum Gasteiger partial charge on any atom is 0.166 e. The molecule has 0 heterocycles. The maximum absolute atomic E-state index is 13.9. The van der Waals surface area contributed by atoms with Crippen molar-refractivity contribution in [3.63, 3.8) is 0 Å². The van der Waals surface area contributed by atoms with Gasteiger partial charge in [-0.15, -0.1) is 0 Å². The molecule has 0 saturated heterocycles. The fourth-order valence-electron chi connectivity index (χ4n) is 1.95. The Morgan fingerprint density at radius 1 is 0.778 bits per heavy atom. The highest BCUT2D eigenvalue weighted by atomic mass is 19.2. The van der Waals surface area contributed by atoms with Gasteiger partial charge in [0.15, 0.2) is 23.1 Å². The molecule has 0 atom stereocenters. The first kappa shape index (κ1) is 14.7. The number of phenolic OH excluding ortho intramolecular Hbond substituents is 2. The normalized spacial score (nSPS) is 11.6. The van der Waals surface area contributed by atoms with Crippen molar-refractivity contribution in [3.05, 3.63) is 22.8 Å². The first-order valence-electron chi connectivity index (χ1n) is 6.16. The molecule has 4 heteroatoms. The first-order chi connectivity index (χ1) is 8.25. The van der Waals surface area contributed by atoms with E-state index in [1.54, 1.807) is 0 Å². The molecule has 2 N–H and O–H groups in total. The van der Waals surface area contributed by atoms with Crippen molar-refractivity contribution in [2.75, 3.05) is 0 Å². The maximum atomic E-state index is 13.9. The van der Waals surface area contributed by atoms with Gasteiger partial charge in [0.2, 0.25) is 0 Å². The molecular formula is C14H20F2O2. The second kappa shape index (κ2) is 5.55. The van der Waals surface area contributed by atoms with Crippen LogP contribution < -0.4 is 0 Å². The lowest BCUT2D eigenvalue weighted by Gasteiger charge is -2.16. The molecule has 0 fully saturated rings. The zero-order valence-electron chi connectivity index (χ0n) is 11.2. The SMILES string of the molecule is CC(C)Cc1c(O)c(O)c(CC(C)C)c(F)c1F.